The summed E-state index contributed by atoms with van der Waals surface area (Å²) < 4.78 is 6.69. The first-order valence-electron chi connectivity index (χ1n) is 10.1. The predicted molar refractivity (Wildman–Crippen MR) is 112 cm³/mol. The Morgan fingerprint density at radius 2 is 2.19 bits per heavy atom. The van der Waals surface area contributed by atoms with E-state index in [9.17, 15) is 15.2 Å². The minimum absolute atomic E-state index is 0.262. The highest BCUT2D eigenvalue weighted by Crippen LogP contribution is 2.28. The Hall–Kier alpha value is -3.54. The average molecular weight is 417 g/mol. The molecule has 1 aliphatic heterocycles. The molecule has 0 amide bonds. The van der Waals surface area contributed by atoms with Gasteiger partial charge < -0.3 is 15.2 Å². The maximum absolute atomic E-state index is 11.7. The van der Waals surface area contributed by atoms with Gasteiger partial charge in [0.15, 0.2) is 5.82 Å². The van der Waals surface area contributed by atoms with Crippen molar-refractivity contribution in [3.8, 4) is 11.9 Å². The van der Waals surface area contributed by atoms with Crippen molar-refractivity contribution in [2.75, 3.05) is 6.54 Å². The van der Waals surface area contributed by atoms with Crippen molar-refractivity contribution in [2.24, 2.45) is 0 Å². The number of aromatic nitrogens is 3. The Kier molecular flexibility index (Phi) is 5.80. The van der Waals surface area contributed by atoms with Crippen LogP contribution in [-0.4, -0.2) is 32.4 Å². The number of nitriles is 1. The molecule has 8 nitrogen and oxygen atoms in total. The lowest BCUT2D eigenvalue weighted by Crippen LogP contribution is -2.22. The normalized spacial score (nSPS) is 13.5. The summed E-state index contributed by atoms with van der Waals surface area (Å²) in [7, 11) is 0. The third kappa shape index (κ3) is 4.06. The van der Waals surface area contributed by atoms with E-state index in [-0.39, 0.29) is 12.6 Å². The molecule has 4 rings (SSSR count). The molecule has 8 heteroatoms. The number of rotatable bonds is 7. The smallest absolute Gasteiger partial charge is 0.338 e. The Balaban J connectivity index is 1.37. The number of aryl methyl sites for hydroxylation is 1. The molecule has 3 heterocycles. The molecule has 2 aromatic heterocycles. The number of carbonyl (C=O) groups is 1. The van der Waals surface area contributed by atoms with Gasteiger partial charge in [-0.15, -0.1) is 0 Å². The fourth-order valence-electron chi connectivity index (χ4n) is 3.73. The molecular weight excluding hydrogens is 394 g/mol. The Labute approximate surface area is 180 Å². The van der Waals surface area contributed by atoms with E-state index in [4.69, 9.17) is 4.74 Å². The van der Waals surface area contributed by atoms with E-state index < -0.39 is 6.10 Å². The summed E-state index contributed by atoms with van der Waals surface area (Å²) in [6.45, 7) is 5.03. The van der Waals surface area contributed by atoms with E-state index in [2.05, 4.69) is 21.5 Å². The molecule has 1 aromatic carbocycles. The Bertz CT molecular complexity index is 1160. The van der Waals surface area contributed by atoms with Crippen molar-refractivity contribution in [1.29, 1.82) is 5.26 Å². The number of fused-ring (bicyclic) bond motifs is 1. The fourth-order valence-corrected chi connectivity index (χ4v) is 3.73. The van der Waals surface area contributed by atoms with E-state index in [1.54, 1.807) is 29.2 Å². The van der Waals surface area contributed by atoms with Gasteiger partial charge in [-0.3, -0.25) is 0 Å². The van der Waals surface area contributed by atoms with Gasteiger partial charge in [0, 0.05) is 24.8 Å². The highest BCUT2D eigenvalue weighted by Gasteiger charge is 2.25. The van der Waals surface area contributed by atoms with Gasteiger partial charge in [-0.2, -0.15) is 10.4 Å². The number of nitrogens with one attached hydrogen (secondary N) is 1. The molecule has 158 valence electrons. The molecular formula is C23H23N5O3. The zero-order valence-electron chi connectivity index (χ0n) is 17.4. The fraction of sp³-hybridized carbons (Fsp3) is 0.304. The van der Waals surface area contributed by atoms with E-state index >= 15 is 0 Å². The lowest BCUT2D eigenvalue weighted by atomic mass is 9.95. The number of hydrogen-bond acceptors (Lipinski definition) is 7. The van der Waals surface area contributed by atoms with Gasteiger partial charge in [0.2, 0.25) is 0 Å². The van der Waals surface area contributed by atoms with Crippen LogP contribution < -0.4 is 5.32 Å². The van der Waals surface area contributed by atoms with Crippen molar-refractivity contribution in [1.82, 2.24) is 20.1 Å². The van der Waals surface area contributed by atoms with Gasteiger partial charge in [0.05, 0.1) is 29.1 Å². The Morgan fingerprint density at radius 1 is 1.35 bits per heavy atom. The minimum Gasteiger partial charge on any atom is -0.457 e. The molecule has 1 atom stereocenters. The lowest BCUT2D eigenvalue weighted by molar-refractivity contribution is 0.0535. The van der Waals surface area contributed by atoms with E-state index in [1.807, 2.05) is 26.0 Å². The van der Waals surface area contributed by atoms with Gasteiger partial charge in [0.25, 0.3) is 0 Å². The maximum Gasteiger partial charge on any atom is 0.338 e. The SMILES string of the molecule is CCc1nn(-c2ccc(CNCC(O)c3ccc4c(c3C)COC4=O)cn2)cc1C#N. The molecule has 1 unspecified atom stereocenters. The van der Waals surface area contributed by atoms with E-state index in [0.29, 0.717) is 36.5 Å². The number of aliphatic hydroxyl groups excluding tert-OH is 1. The number of hydrogen-bond donors (Lipinski definition) is 2. The molecule has 2 N–H and O–H groups in total. The first kappa shape index (κ1) is 20.7. The van der Waals surface area contributed by atoms with Crippen molar-refractivity contribution < 1.29 is 14.6 Å². The van der Waals surface area contributed by atoms with Crippen LogP contribution in [-0.2, 0) is 24.3 Å². The zero-order valence-corrected chi connectivity index (χ0v) is 17.4. The molecule has 0 radical (unpaired) electrons. The zero-order chi connectivity index (χ0) is 22.0. The molecule has 3 aromatic rings. The van der Waals surface area contributed by atoms with Crippen molar-refractivity contribution in [3.05, 3.63) is 75.7 Å². The second-order valence-corrected chi connectivity index (χ2v) is 7.45. The van der Waals surface area contributed by atoms with Crippen LogP contribution in [0.2, 0.25) is 0 Å². The Morgan fingerprint density at radius 3 is 2.87 bits per heavy atom. The lowest BCUT2D eigenvalue weighted by Gasteiger charge is -2.16. The van der Waals surface area contributed by atoms with Crippen molar-refractivity contribution >= 4 is 5.97 Å². The third-order valence-corrected chi connectivity index (χ3v) is 5.52. The molecule has 0 saturated carbocycles. The van der Waals surface area contributed by atoms with Crippen LogP contribution in [0.4, 0.5) is 0 Å². The minimum atomic E-state index is -0.700. The summed E-state index contributed by atoms with van der Waals surface area (Å²) in [6, 6.07) is 9.44. The number of pyridine rings is 1. The van der Waals surface area contributed by atoms with Gasteiger partial charge in [-0.1, -0.05) is 19.1 Å². The molecule has 1 aliphatic rings. The molecule has 0 spiro atoms. The number of nitrogens with zero attached hydrogens (tertiary/aromatic N) is 4. The van der Waals surface area contributed by atoms with Crippen LogP contribution in [0.25, 0.3) is 5.82 Å². The average Bonchev–Trinajstić information content (AvgIpc) is 3.38. The number of esters is 1. The highest BCUT2D eigenvalue weighted by molar-refractivity contribution is 5.93. The summed E-state index contributed by atoms with van der Waals surface area (Å²) in [5.74, 6) is 0.337. The van der Waals surface area contributed by atoms with Gasteiger partial charge in [-0.05, 0) is 42.2 Å². The van der Waals surface area contributed by atoms with E-state index in [1.165, 1.54) is 0 Å². The van der Waals surface area contributed by atoms with Gasteiger partial charge >= 0.3 is 5.97 Å². The van der Waals surface area contributed by atoms with Gasteiger partial charge in [-0.25, -0.2) is 14.5 Å². The molecule has 31 heavy (non-hydrogen) atoms. The monoisotopic (exact) mass is 417 g/mol. The summed E-state index contributed by atoms with van der Waals surface area (Å²) in [5.41, 5.74) is 5.39. The van der Waals surface area contributed by atoms with Crippen molar-refractivity contribution in [3.63, 3.8) is 0 Å². The molecule has 0 aliphatic carbocycles. The first-order valence-corrected chi connectivity index (χ1v) is 10.1. The number of ether oxygens (including phenoxy) is 1. The summed E-state index contributed by atoms with van der Waals surface area (Å²) in [5, 5.41) is 27.4. The second kappa shape index (κ2) is 8.68. The first-order chi connectivity index (χ1) is 15.0. The van der Waals surface area contributed by atoms with Crippen LogP contribution >= 0.6 is 0 Å². The number of cyclic esters (lactones) is 1. The van der Waals surface area contributed by atoms with Crippen LogP contribution in [0.3, 0.4) is 0 Å². The quantitative estimate of drug-likeness (QED) is 0.568. The third-order valence-electron chi connectivity index (χ3n) is 5.52. The highest BCUT2D eigenvalue weighted by atomic mass is 16.5. The summed E-state index contributed by atoms with van der Waals surface area (Å²) in [4.78, 5) is 16.1. The van der Waals surface area contributed by atoms with Crippen LogP contribution in [0.15, 0.2) is 36.7 Å². The number of benzene rings is 1. The largest absolute Gasteiger partial charge is 0.457 e. The molecule has 0 saturated heterocycles. The number of carbonyl (C=O) groups excluding carboxylic acids is 1. The summed E-state index contributed by atoms with van der Waals surface area (Å²) in [6.07, 6.45) is 3.42. The second-order valence-electron chi connectivity index (χ2n) is 7.45. The topological polar surface area (TPSA) is 113 Å². The van der Waals surface area contributed by atoms with Crippen molar-refractivity contribution in [2.45, 2.75) is 39.5 Å². The van der Waals surface area contributed by atoms with Crippen LogP contribution in [0.1, 0.15) is 56.9 Å². The summed E-state index contributed by atoms with van der Waals surface area (Å²) >= 11 is 0. The van der Waals surface area contributed by atoms with Crippen LogP contribution in [0, 0.1) is 18.3 Å². The van der Waals surface area contributed by atoms with E-state index in [0.717, 1.165) is 27.9 Å². The standard InChI is InChI=1S/C23H23N5O3/c1-3-20-16(8-24)12-28(27-20)22-7-4-15(10-26-22)9-25-11-21(29)17-5-6-18-19(14(17)2)13-31-23(18)30/h4-7,10,12,21,25,29H,3,9,11,13H2,1-2H3. The predicted octanol–water partition coefficient (Wildman–Crippen LogP) is 2.50. The maximum atomic E-state index is 11.7. The number of aliphatic hydroxyl groups is 1. The molecule has 0 fully saturated rings. The van der Waals surface area contributed by atoms with Crippen LogP contribution in [0.5, 0.6) is 0 Å². The van der Waals surface area contributed by atoms with Gasteiger partial charge in [0.1, 0.15) is 12.7 Å². The molecule has 0 bridgehead atoms.